The first-order valence-corrected chi connectivity index (χ1v) is 12.6. The molecule has 2 unspecified atom stereocenters. The molecular weight excluding hydrogens is 521 g/mol. The largest absolute Gasteiger partial charge is 0.493 e. The maximum Gasteiger partial charge on any atom is 0.325 e. The maximum absolute atomic E-state index is 14.6. The van der Waals surface area contributed by atoms with Crippen molar-refractivity contribution in [1.29, 1.82) is 0 Å². The van der Waals surface area contributed by atoms with Crippen molar-refractivity contribution >= 4 is 39.8 Å². The predicted octanol–water partition coefficient (Wildman–Crippen LogP) is 3.76. The summed E-state index contributed by atoms with van der Waals surface area (Å²) in [4.78, 5) is 38.8. The van der Waals surface area contributed by atoms with Crippen LogP contribution in [0.25, 0.3) is 22.0 Å². The molecule has 0 saturated heterocycles. The number of carbonyl (C=O) groups is 3. The second-order valence-corrected chi connectivity index (χ2v) is 10.2. The Morgan fingerprint density at radius 2 is 1.62 bits per heavy atom. The lowest BCUT2D eigenvalue weighted by atomic mass is 9.83. The Labute approximate surface area is 230 Å². The molecule has 1 aliphatic rings. The predicted molar refractivity (Wildman–Crippen MR) is 147 cm³/mol. The molecule has 10 nitrogen and oxygen atoms in total. The van der Waals surface area contributed by atoms with Crippen LogP contribution in [0.2, 0.25) is 0 Å². The number of imide groups is 1. The molecule has 0 spiro atoms. The number of nitrogens with one attached hydrogen (secondary N) is 1. The van der Waals surface area contributed by atoms with E-state index in [0.29, 0.717) is 22.2 Å². The van der Waals surface area contributed by atoms with Crippen molar-refractivity contribution in [3.8, 4) is 17.2 Å². The van der Waals surface area contributed by atoms with E-state index in [-0.39, 0.29) is 40.5 Å². The number of halogens is 1. The fourth-order valence-electron chi connectivity index (χ4n) is 5.32. The number of methoxy groups -OCH3 is 3. The van der Waals surface area contributed by atoms with Crippen LogP contribution in [0, 0.1) is 11.7 Å². The third-order valence-electron chi connectivity index (χ3n) is 7.26. The van der Waals surface area contributed by atoms with Crippen LogP contribution in [0.4, 0.5) is 4.39 Å². The lowest BCUT2D eigenvalue weighted by Gasteiger charge is -2.34. The first-order valence-electron chi connectivity index (χ1n) is 12.6. The highest BCUT2D eigenvalue weighted by atomic mass is 19.1. The molecule has 1 aliphatic heterocycles. The van der Waals surface area contributed by atoms with Crippen LogP contribution < -0.4 is 25.3 Å². The highest BCUT2D eigenvalue weighted by Crippen LogP contribution is 2.44. The van der Waals surface area contributed by atoms with Gasteiger partial charge in [0.25, 0.3) is 11.8 Å². The maximum atomic E-state index is 14.6. The third kappa shape index (κ3) is 4.66. The monoisotopic (exact) mass is 553 g/mol. The molecule has 3 aromatic rings. The van der Waals surface area contributed by atoms with Gasteiger partial charge in [0.2, 0.25) is 5.75 Å². The average molecular weight is 554 g/mol. The molecule has 1 aromatic heterocycles. The topological polar surface area (TPSA) is 142 Å². The van der Waals surface area contributed by atoms with E-state index in [4.69, 9.17) is 19.9 Å². The van der Waals surface area contributed by atoms with Crippen molar-refractivity contribution in [3.05, 3.63) is 53.5 Å². The summed E-state index contributed by atoms with van der Waals surface area (Å²) < 4.78 is 32.4. The fraction of sp³-hybridized carbons (Fsp3) is 0.345. The average Bonchev–Trinajstić information content (AvgIpc) is 3.41. The first kappa shape index (κ1) is 28.6. The minimum absolute atomic E-state index is 0.0115. The minimum atomic E-state index is -1.67. The second kappa shape index (κ2) is 10.6. The van der Waals surface area contributed by atoms with Gasteiger partial charge in [-0.1, -0.05) is 13.8 Å². The molecule has 0 saturated carbocycles. The molecule has 0 radical (unpaired) electrons. The summed E-state index contributed by atoms with van der Waals surface area (Å²) in [5, 5.41) is 12.7. The molecule has 2 amide bonds. The Morgan fingerprint density at radius 3 is 2.15 bits per heavy atom. The number of aliphatic carboxylic acids is 1. The van der Waals surface area contributed by atoms with Crippen LogP contribution in [-0.2, 0) is 14.4 Å². The lowest BCUT2D eigenvalue weighted by Crippen LogP contribution is -2.54. The molecule has 0 aliphatic carbocycles. The summed E-state index contributed by atoms with van der Waals surface area (Å²) in [6.07, 6.45) is 1.71. The number of carbonyl (C=O) groups excluding carboxylic acids is 2. The van der Waals surface area contributed by atoms with E-state index in [1.807, 2.05) is 13.8 Å². The molecule has 212 valence electrons. The lowest BCUT2D eigenvalue weighted by molar-refractivity contribution is -0.145. The van der Waals surface area contributed by atoms with Gasteiger partial charge >= 0.3 is 5.97 Å². The highest BCUT2D eigenvalue weighted by molar-refractivity contribution is 6.50. The number of nitrogens with zero attached hydrogens (tertiary/aromatic N) is 1. The molecular formula is C29H32FN3O7. The molecule has 11 heteroatoms. The number of carboxylic acids is 1. The van der Waals surface area contributed by atoms with E-state index in [1.54, 1.807) is 17.7 Å². The van der Waals surface area contributed by atoms with Crippen molar-refractivity contribution in [1.82, 2.24) is 9.88 Å². The molecule has 2 aromatic carbocycles. The molecule has 4 rings (SSSR count). The van der Waals surface area contributed by atoms with E-state index in [9.17, 15) is 23.9 Å². The number of ether oxygens (including phenoxy) is 3. The van der Waals surface area contributed by atoms with Gasteiger partial charge in [0.05, 0.1) is 38.5 Å². The van der Waals surface area contributed by atoms with Gasteiger partial charge in [0, 0.05) is 22.7 Å². The van der Waals surface area contributed by atoms with E-state index >= 15 is 0 Å². The Morgan fingerprint density at radius 1 is 1.02 bits per heavy atom. The van der Waals surface area contributed by atoms with E-state index in [0.717, 1.165) is 0 Å². The van der Waals surface area contributed by atoms with Gasteiger partial charge in [-0.3, -0.25) is 19.7 Å². The molecule has 40 heavy (non-hydrogen) atoms. The van der Waals surface area contributed by atoms with E-state index in [2.05, 4.69) is 5.32 Å². The van der Waals surface area contributed by atoms with Gasteiger partial charge in [-0.2, -0.15) is 0 Å². The van der Waals surface area contributed by atoms with Gasteiger partial charge in [0.15, 0.2) is 11.5 Å². The number of carboxylic acid groups (broad SMARTS) is 1. The summed E-state index contributed by atoms with van der Waals surface area (Å²) in [6.45, 7) is 5.40. The van der Waals surface area contributed by atoms with Gasteiger partial charge in [-0.05, 0) is 55.2 Å². The van der Waals surface area contributed by atoms with Crippen LogP contribution in [0.5, 0.6) is 17.2 Å². The van der Waals surface area contributed by atoms with Gasteiger partial charge < -0.3 is 29.6 Å². The van der Waals surface area contributed by atoms with Crippen LogP contribution in [0.3, 0.4) is 0 Å². The van der Waals surface area contributed by atoms with E-state index < -0.39 is 35.2 Å². The van der Waals surface area contributed by atoms with Crippen LogP contribution >= 0.6 is 0 Å². The number of amides is 2. The molecule has 0 bridgehead atoms. The number of aromatic nitrogens is 1. The molecule has 2 atom stereocenters. The molecule has 4 N–H and O–H groups in total. The zero-order valence-corrected chi connectivity index (χ0v) is 23.1. The van der Waals surface area contributed by atoms with Gasteiger partial charge in [-0.25, -0.2) is 4.39 Å². The number of hydrogen-bond donors (Lipinski definition) is 3. The SMILES string of the molecule is COc1cc(C2=C(c3cn(C(C)C(N)(CC(C)C)C(=O)O)c4ccc(F)cc34)C(=O)NC2=O)cc(OC)c1OC. The number of rotatable bonds is 10. The first-order chi connectivity index (χ1) is 18.9. The Hall–Kier alpha value is -4.38. The van der Waals surface area contributed by atoms with Crippen molar-refractivity contribution < 1.29 is 38.1 Å². The Kier molecular flexibility index (Phi) is 7.62. The summed E-state index contributed by atoms with van der Waals surface area (Å²) in [6, 6.07) is 6.25. The zero-order chi connectivity index (χ0) is 29.5. The molecule has 0 fully saturated rings. The van der Waals surface area contributed by atoms with Gasteiger partial charge in [0.1, 0.15) is 11.4 Å². The molecule has 2 heterocycles. The van der Waals surface area contributed by atoms with Crippen LogP contribution in [0.1, 0.15) is 44.4 Å². The standard InChI is InChI=1S/C29H32FN3O7/c1-14(2)12-29(31,28(36)37)15(3)33-13-19(18-11-17(30)7-8-20(18)33)24-23(26(34)32-27(24)35)16-9-21(38-4)25(40-6)22(10-16)39-5/h7-11,13-15H,12,31H2,1-6H3,(H,36,37)(H,32,34,35). The normalized spacial score (nSPS) is 15.8. The number of fused-ring (bicyclic) bond motifs is 1. The Bertz CT molecular complexity index is 1530. The quantitative estimate of drug-likeness (QED) is 0.322. The minimum Gasteiger partial charge on any atom is -0.493 e. The van der Waals surface area contributed by atoms with Crippen molar-refractivity contribution in [3.63, 3.8) is 0 Å². The van der Waals surface area contributed by atoms with Crippen molar-refractivity contribution in [2.45, 2.75) is 38.8 Å². The summed E-state index contributed by atoms with van der Waals surface area (Å²) in [5.74, 6) is -2.33. The highest BCUT2D eigenvalue weighted by Gasteiger charge is 2.43. The fourth-order valence-corrected chi connectivity index (χ4v) is 5.32. The number of benzene rings is 2. The third-order valence-corrected chi connectivity index (χ3v) is 7.26. The van der Waals surface area contributed by atoms with Crippen LogP contribution in [0.15, 0.2) is 36.5 Å². The summed E-state index contributed by atoms with van der Waals surface area (Å²) >= 11 is 0. The van der Waals surface area contributed by atoms with E-state index in [1.165, 1.54) is 51.7 Å². The summed E-state index contributed by atoms with van der Waals surface area (Å²) in [5.41, 5.74) is 5.80. The smallest absolute Gasteiger partial charge is 0.325 e. The van der Waals surface area contributed by atoms with Gasteiger partial charge in [-0.15, -0.1) is 0 Å². The van der Waals surface area contributed by atoms with Crippen molar-refractivity contribution in [2.75, 3.05) is 21.3 Å². The number of hydrogen-bond acceptors (Lipinski definition) is 7. The zero-order valence-electron chi connectivity index (χ0n) is 23.1. The summed E-state index contributed by atoms with van der Waals surface area (Å²) in [7, 11) is 4.29. The Balaban J connectivity index is 2.04. The number of nitrogens with two attached hydrogens (primary N) is 1. The van der Waals surface area contributed by atoms with Crippen LogP contribution in [-0.4, -0.2) is 54.3 Å². The van der Waals surface area contributed by atoms with Crippen molar-refractivity contribution in [2.24, 2.45) is 11.7 Å². The second-order valence-electron chi connectivity index (χ2n) is 10.2.